The van der Waals surface area contributed by atoms with Gasteiger partial charge >= 0.3 is 0 Å². The van der Waals surface area contributed by atoms with Crippen molar-refractivity contribution >= 4 is 5.91 Å². The number of hydrogen-bond donors (Lipinski definition) is 1. The number of aromatic amines is 1. The molecule has 3 rings (SSSR count). The highest BCUT2D eigenvalue weighted by Crippen LogP contribution is 2.21. The summed E-state index contributed by atoms with van der Waals surface area (Å²) in [5.41, 5.74) is 1.40. The predicted molar refractivity (Wildman–Crippen MR) is 74.7 cm³/mol. The zero-order valence-corrected chi connectivity index (χ0v) is 12.3. The number of amides is 1. The van der Waals surface area contributed by atoms with Gasteiger partial charge in [-0.1, -0.05) is 0 Å². The number of aryl methyl sites for hydroxylation is 2. The van der Waals surface area contributed by atoms with Gasteiger partial charge in [0.1, 0.15) is 11.5 Å². The van der Waals surface area contributed by atoms with Crippen LogP contribution in [0.2, 0.25) is 0 Å². The van der Waals surface area contributed by atoms with E-state index in [1.54, 1.807) is 0 Å². The number of aromatic nitrogens is 2. The molecule has 6 heteroatoms. The van der Waals surface area contributed by atoms with Gasteiger partial charge in [0.05, 0.1) is 19.3 Å². The van der Waals surface area contributed by atoms with Crippen LogP contribution in [0.25, 0.3) is 0 Å². The normalized spacial score (nSPS) is 27.4. The van der Waals surface area contributed by atoms with Gasteiger partial charge in [0, 0.05) is 31.2 Å². The van der Waals surface area contributed by atoms with Gasteiger partial charge in [-0.25, -0.2) is 4.98 Å². The maximum Gasteiger partial charge on any atom is 0.274 e. The fourth-order valence-electron chi connectivity index (χ4n) is 3.28. The second-order valence-electron chi connectivity index (χ2n) is 6.03. The highest BCUT2D eigenvalue weighted by molar-refractivity contribution is 5.93. The third-order valence-corrected chi connectivity index (χ3v) is 4.12. The van der Waals surface area contributed by atoms with Gasteiger partial charge in [0.15, 0.2) is 0 Å². The van der Waals surface area contributed by atoms with E-state index in [-0.39, 0.29) is 11.9 Å². The van der Waals surface area contributed by atoms with Gasteiger partial charge < -0.3 is 19.5 Å². The van der Waals surface area contributed by atoms with Gasteiger partial charge in [-0.15, -0.1) is 0 Å². The van der Waals surface area contributed by atoms with Gasteiger partial charge in [0.25, 0.3) is 5.91 Å². The first-order chi connectivity index (χ1) is 9.54. The lowest BCUT2D eigenvalue weighted by molar-refractivity contribution is 0.0480. The topological polar surface area (TPSA) is 61.5 Å². The highest BCUT2D eigenvalue weighted by atomic mass is 16.5. The molecule has 3 heterocycles. The predicted octanol–water partition coefficient (Wildman–Crippen LogP) is 0.429. The zero-order valence-electron chi connectivity index (χ0n) is 12.3. The lowest BCUT2D eigenvalue weighted by Gasteiger charge is -2.29. The van der Waals surface area contributed by atoms with Crippen molar-refractivity contribution in [2.45, 2.75) is 19.9 Å². The summed E-state index contributed by atoms with van der Waals surface area (Å²) in [6.45, 7) is 7.75. The standard InChI is InChI=1S/C14H22N4O2/c1-9-13(16-10(2)15-9)14(19)18-5-11-4-17(3)6-12(18)8-20-7-11/h11-12H,4-8H2,1-3H3,(H,15,16)/t11-,12-/m0/s1. The number of likely N-dealkylation sites (N-methyl/N-ethyl adjacent to an activating group) is 1. The summed E-state index contributed by atoms with van der Waals surface area (Å²) in [7, 11) is 2.11. The van der Waals surface area contributed by atoms with Crippen LogP contribution in [0, 0.1) is 19.8 Å². The van der Waals surface area contributed by atoms with Crippen molar-refractivity contribution in [3.05, 3.63) is 17.2 Å². The highest BCUT2D eigenvalue weighted by Gasteiger charge is 2.36. The molecule has 0 saturated carbocycles. The van der Waals surface area contributed by atoms with E-state index in [1.165, 1.54) is 0 Å². The SMILES string of the molecule is Cc1nc(C(=O)N2C[C@H]3COC[C@@H]2CN(C)C3)c(C)[nH]1. The molecule has 0 aliphatic carbocycles. The number of carbonyl (C=O) groups is 1. The molecule has 1 amide bonds. The first-order valence-corrected chi connectivity index (χ1v) is 7.15. The molecule has 2 aliphatic heterocycles. The number of nitrogens with one attached hydrogen (secondary N) is 1. The molecule has 2 bridgehead atoms. The van der Waals surface area contributed by atoms with Crippen LogP contribution in [0.4, 0.5) is 0 Å². The summed E-state index contributed by atoms with van der Waals surface area (Å²) in [5.74, 6) is 1.21. The third-order valence-electron chi connectivity index (χ3n) is 4.12. The number of H-pyrrole nitrogens is 1. The Balaban J connectivity index is 1.88. The van der Waals surface area contributed by atoms with E-state index in [0.717, 1.165) is 37.8 Å². The van der Waals surface area contributed by atoms with Crippen molar-refractivity contribution in [3.63, 3.8) is 0 Å². The van der Waals surface area contributed by atoms with Crippen molar-refractivity contribution < 1.29 is 9.53 Å². The molecule has 1 aromatic heterocycles. The Morgan fingerprint density at radius 2 is 2.10 bits per heavy atom. The Morgan fingerprint density at radius 3 is 2.80 bits per heavy atom. The van der Waals surface area contributed by atoms with Crippen LogP contribution < -0.4 is 0 Å². The second kappa shape index (κ2) is 5.18. The van der Waals surface area contributed by atoms with Crippen LogP contribution >= 0.6 is 0 Å². The number of fused-ring (bicyclic) bond motifs is 3. The molecule has 1 N–H and O–H groups in total. The summed E-state index contributed by atoms with van der Waals surface area (Å²) in [6, 6.07) is 0.122. The lowest BCUT2D eigenvalue weighted by atomic mass is 10.1. The van der Waals surface area contributed by atoms with E-state index in [4.69, 9.17) is 4.74 Å². The minimum absolute atomic E-state index is 0.0302. The molecule has 0 unspecified atom stereocenters. The van der Waals surface area contributed by atoms with E-state index in [0.29, 0.717) is 18.2 Å². The number of rotatable bonds is 1. The van der Waals surface area contributed by atoms with E-state index in [9.17, 15) is 4.79 Å². The van der Waals surface area contributed by atoms with E-state index in [2.05, 4.69) is 21.9 Å². The van der Waals surface area contributed by atoms with Crippen LogP contribution in [0.3, 0.4) is 0 Å². The molecule has 2 fully saturated rings. The van der Waals surface area contributed by atoms with Crippen molar-refractivity contribution in [2.75, 3.05) is 39.9 Å². The van der Waals surface area contributed by atoms with Crippen LogP contribution in [0.5, 0.6) is 0 Å². The lowest BCUT2D eigenvalue weighted by Crippen LogP contribution is -2.46. The number of carbonyl (C=O) groups excluding carboxylic acids is 1. The summed E-state index contributed by atoms with van der Waals surface area (Å²) in [4.78, 5) is 24.5. The second-order valence-corrected chi connectivity index (χ2v) is 6.03. The maximum absolute atomic E-state index is 12.8. The fraction of sp³-hybridized carbons (Fsp3) is 0.714. The Labute approximate surface area is 119 Å². The maximum atomic E-state index is 12.8. The van der Waals surface area contributed by atoms with Crippen molar-refractivity contribution in [2.24, 2.45) is 5.92 Å². The van der Waals surface area contributed by atoms with E-state index >= 15 is 0 Å². The average molecular weight is 278 g/mol. The molecule has 1 aromatic rings. The molecule has 20 heavy (non-hydrogen) atoms. The minimum atomic E-state index is 0.0302. The number of imidazole rings is 1. The molecule has 110 valence electrons. The first kappa shape index (κ1) is 13.6. The monoisotopic (exact) mass is 278 g/mol. The molecule has 0 spiro atoms. The Morgan fingerprint density at radius 1 is 1.30 bits per heavy atom. The summed E-state index contributed by atoms with van der Waals surface area (Å²) < 4.78 is 5.71. The van der Waals surface area contributed by atoms with Crippen LogP contribution in [0.15, 0.2) is 0 Å². The number of ether oxygens (including phenoxy) is 1. The average Bonchev–Trinajstić information content (AvgIpc) is 2.54. The molecule has 0 radical (unpaired) electrons. The molecule has 0 aromatic carbocycles. The molecule has 6 nitrogen and oxygen atoms in total. The number of hydrogen-bond acceptors (Lipinski definition) is 4. The molecular formula is C14H22N4O2. The molecule has 2 saturated heterocycles. The van der Waals surface area contributed by atoms with Gasteiger partial charge in [0.2, 0.25) is 0 Å². The Kier molecular flexibility index (Phi) is 3.52. The number of nitrogens with zero attached hydrogens (tertiary/aromatic N) is 3. The largest absolute Gasteiger partial charge is 0.379 e. The van der Waals surface area contributed by atoms with E-state index in [1.807, 2.05) is 18.7 Å². The van der Waals surface area contributed by atoms with Crippen LogP contribution in [-0.4, -0.2) is 71.6 Å². The summed E-state index contributed by atoms with van der Waals surface area (Å²) in [6.07, 6.45) is 0. The minimum Gasteiger partial charge on any atom is -0.379 e. The van der Waals surface area contributed by atoms with Crippen molar-refractivity contribution in [1.29, 1.82) is 0 Å². The van der Waals surface area contributed by atoms with E-state index < -0.39 is 0 Å². The Bertz CT molecular complexity index is 513. The van der Waals surface area contributed by atoms with Gasteiger partial charge in [-0.2, -0.15) is 0 Å². The van der Waals surface area contributed by atoms with Crippen LogP contribution in [-0.2, 0) is 4.74 Å². The zero-order chi connectivity index (χ0) is 14.3. The Hall–Kier alpha value is -1.40. The van der Waals surface area contributed by atoms with Crippen molar-refractivity contribution in [1.82, 2.24) is 19.8 Å². The molecular weight excluding hydrogens is 256 g/mol. The summed E-state index contributed by atoms with van der Waals surface area (Å²) >= 11 is 0. The quantitative estimate of drug-likeness (QED) is 0.809. The third kappa shape index (κ3) is 2.45. The van der Waals surface area contributed by atoms with Gasteiger partial charge in [-0.3, -0.25) is 4.79 Å². The van der Waals surface area contributed by atoms with Crippen LogP contribution in [0.1, 0.15) is 22.0 Å². The molecule has 2 atom stereocenters. The smallest absolute Gasteiger partial charge is 0.274 e. The first-order valence-electron chi connectivity index (χ1n) is 7.15. The fourth-order valence-corrected chi connectivity index (χ4v) is 3.28. The van der Waals surface area contributed by atoms with Gasteiger partial charge in [-0.05, 0) is 20.9 Å². The van der Waals surface area contributed by atoms with Crippen molar-refractivity contribution in [3.8, 4) is 0 Å². The summed E-state index contributed by atoms with van der Waals surface area (Å²) in [5, 5.41) is 0. The molecule has 2 aliphatic rings.